The van der Waals surface area contributed by atoms with E-state index in [4.69, 9.17) is 9.47 Å². The van der Waals surface area contributed by atoms with Crippen molar-refractivity contribution in [1.82, 2.24) is 0 Å². The number of hydrogen-bond acceptors (Lipinski definition) is 4. The summed E-state index contributed by atoms with van der Waals surface area (Å²) in [6, 6.07) is 11.8. The topological polar surface area (TPSA) is 61.6 Å². The molecule has 5 heteroatoms. The van der Waals surface area contributed by atoms with Gasteiger partial charge in [-0.15, -0.1) is 0 Å². The van der Waals surface area contributed by atoms with E-state index in [9.17, 15) is 10.1 Å². The summed E-state index contributed by atoms with van der Waals surface area (Å²) in [5, 5.41) is 11.2. The lowest BCUT2D eigenvalue weighted by Gasteiger charge is -2.20. The molecule has 2 heterocycles. The first-order valence-electron chi connectivity index (χ1n) is 8.76. The van der Waals surface area contributed by atoms with Crippen LogP contribution < -0.4 is 9.47 Å². The van der Waals surface area contributed by atoms with Gasteiger partial charge in [0.25, 0.3) is 0 Å². The molecule has 0 radical (unpaired) electrons. The first-order valence-corrected chi connectivity index (χ1v) is 8.76. The second kappa shape index (κ2) is 6.39. The minimum absolute atomic E-state index is 0.00259. The summed E-state index contributed by atoms with van der Waals surface area (Å²) < 4.78 is 11.2. The molecule has 1 unspecified atom stereocenters. The minimum atomic E-state index is -0.598. The summed E-state index contributed by atoms with van der Waals surface area (Å²) >= 11 is 0. The molecule has 0 bridgehead atoms. The minimum Gasteiger partial charge on any atom is -0.493 e. The Hall–Kier alpha value is -2.56. The van der Waals surface area contributed by atoms with Crippen LogP contribution in [0.4, 0.5) is 0 Å². The van der Waals surface area contributed by atoms with Gasteiger partial charge in [0.15, 0.2) is 0 Å². The SMILES string of the molecule is CC(CC(c1ccc2c(c1)CCO2)c1ccc2c(c1)CCO2)[N+](=O)[O-]. The van der Waals surface area contributed by atoms with Crippen LogP contribution in [-0.4, -0.2) is 24.2 Å². The summed E-state index contributed by atoms with van der Waals surface area (Å²) in [5.74, 6) is 1.87. The van der Waals surface area contributed by atoms with Crippen LogP contribution in [0.1, 0.15) is 41.5 Å². The van der Waals surface area contributed by atoms with Gasteiger partial charge in [-0.25, -0.2) is 0 Å². The Bertz CT molecular complexity index is 760. The van der Waals surface area contributed by atoms with Crippen molar-refractivity contribution >= 4 is 0 Å². The van der Waals surface area contributed by atoms with Crippen molar-refractivity contribution in [2.45, 2.75) is 38.1 Å². The van der Waals surface area contributed by atoms with Crippen molar-refractivity contribution in [2.24, 2.45) is 0 Å². The second-order valence-electron chi connectivity index (χ2n) is 6.85. The molecular weight excluding hydrogens is 318 g/mol. The summed E-state index contributed by atoms with van der Waals surface area (Å²) in [6.07, 6.45) is 2.28. The Balaban J connectivity index is 1.72. The van der Waals surface area contributed by atoms with Crippen molar-refractivity contribution in [3.63, 3.8) is 0 Å². The van der Waals surface area contributed by atoms with Crippen LogP contribution in [0, 0.1) is 10.1 Å². The van der Waals surface area contributed by atoms with Crippen molar-refractivity contribution < 1.29 is 14.4 Å². The van der Waals surface area contributed by atoms with Crippen molar-refractivity contribution in [3.8, 4) is 11.5 Å². The molecule has 130 valence electrons. The number of ether oxygens (including phenoxy) is 2. The first-order chi connectivity index (χ1) is 12.1. The van der Waals surface area contributed by atoms with Gasteiger partial charge in [-0.1, -0.05) is 24.3 Å². The lowest BCUT2D eigenvalue weighted by molar-refractivity contribution is -0.519. The third kappa shape index (κ3) is 3.06. The van der Waals surface area contributed by atoms with Gasteiger partial charge in [0.1, 0.15) is 11.5 Å². The average Bonchev–Trinajstić information content (AvgIpc) is 3.26. The fourth-order valence-electron chi connectivity index (χ4n) is 3.74. The third-order valence-corrected chi connectivity index (χ3v) is 5.17. The molecule has 0 amide bonds. The third-order valence-electron chi connectivity index (χ3n) is 5.17. The van der Waals surface area contributed by atoms with Crippen molar-refractivity contribution in [2.75, 3.05) is 13.2 Å². The average molecular weight is 339 g/mol. The molecule has 0 saturated heterocycles. The molecule has 0 saturated carbocycles. The maximum absolute atomic E-state index is 11.2. The standard InChI is InChI=1S/C20H21NO4/c1-13(21(22)23)10-18(14-2-4-19-16(11-14)6-8-24-19)15-3-5-20-17(12-15)7-9-25-20/h2-5,11-13,18H,6-10H2,1H3. The molecule has 25 heavy (non-hydrogen) atoms. The number of nitro groups is 1. The fourth-order valence-corrected chi connectivity index (χ4v) is 3.74. The van der Waals surface area contributed by atoms with E-state index in [-0.39, 0.29) is 10.8 Å². The Labute approximate surface area is 146 Å². The first kappa shape index (κ1) is 15.9. The van der Waals surface area contributed by atoms with E-state index in [1.165, 1.54) is 11.1 Å². The molecule has 0 spiro atoms. The van der Waals surface area contributed by atoms with E-state index in [1.807, 2.05) is 24.3 Å². The summed E-state index contributed by atoms with van der Waals surface area (Å²) in [5.41, 5.74) is 4.63. The fraction of sp³-hybridized carbons (Fsp3) is 0.400. The Morgan fingerprint density at radius 3 is 2.00 bits per heavy atom. The van der Waals surface area contributed by atoms with E-state index in [0.29, 0.717) is 19.6 Å². The number of rotatable bonds is 5. The normalized spacial score (nSPS) is 16.1. The van der Waals surface area contributed by atoms with E-state index in [0.717, 1.165) is 35.5 Å². The molecule has 4 rings (SSSR count). The van der Waals surface area contributed by atoms with E-state index in [1.54, 1.807) is 6.92 Å². The van der Waals surface area contributed by atoms with E-state index in [2.05, 4.69) is 12.1 Å². The quantitative estimate of drug-likeness (QED) is 0.615. The molecule has 0 N–H and O–H groups in total. The zero-order valence-electron chi connectivity index (χ0n) is 14.2. The highest BCUT2D eigenvalue weighted by molar-refractivity contribution is 5.46. The molecule has 2 aromatic rings. The van der Waals surface area contributed by atoms with E-state index < -0.39 is 6.04 Å². The molecular formula is C20H21NO4. The van der Waals surface area contributed by atoms with Gasteiger partial charge in [-0.05, 0) is 34.4 Å². The highest BCUT2D eigenvalue weighted by atomic mass is 16.6. The molecule has 1 atom stereocenters. The number of benzene rings is 2. The highest BCUT2D eigenvalue weighted by Gasteiger charge is 2.26. The molecule has 5 nitrogen and oxygen atoms in total. The predicted octanol–water partition coefficient (Wildman–Crippen LogP) is 3.74. The van der Waals surface area contributed by atoms with Crippen LogP contribution >= 0.6 is 0 Å². The Kier molecular flexibility index (Phi) is 4.07. The van der Waals surface area contributed by atoms with Gasteiger partial charge in [-0.2, -0.15) is 0 Å². The van der Waals surface area contributed by atoms with Crippen LogP contribution in [0.2, 0.25) is 0 Å². The van der Waals surface area contributed by atoms with Gasteiger partial charge in [0.05, 0.1) is 13.2 Å². The predicted molar refractivity (Wildman–Crippen MR) is 94.2 cm³/mol. The molecule has 0 fully saturated rings. The van der Waals surface area contributed by atoms with Crippen LogP contribution in [0.5, 0.6) is 11.5 Å². The van der Waals surface area contributed by atoms with Crippen molar-refractivity contribution in [3.05, 3.63) is 68.8 Å². The highest BCUT2D eigenvalue weighted by Crippen LogP contribution is 2.37. The lowest BCUT2D eigenvalue weighted by Crippen LogP contribution is -2.19. The van der Waals surface area contributed by atoms with Gasteiger partial charge in [0, 0.05) is 37.0 Å². The molecule has 0 aromatic heterocycles. The molecule has 0 aliphatic carbocycles. The zero-order chi connectivity index (χ0) is 17.4. The van der Waals surface area contributed by atoms with E-state index >= 15 is 0 Å². The van der Waals surface area contributed by atoms with Crippen LogP contribution in [0.15, 0.2) is 36.4 Å². The van der Waals surface area contributed by atoms with Gasteiger partial charge in [-0.3, -0.25) is 10.1 Å². The molecule has 2 aliphatic heterocycles. The Morgan fingerprint density at radius 2 is 1.52 bits per heavy atom. The largest absolute Gasteiger partial charge is 0.493 e. The van der Waals surface area contributed by atoms with Crippen molar-refractivity contribution in [1.29, 1.82) is 0 Å². The van der Waals surface area contributed by atoms with Crippen LogP contribution in [-0.2, 0) is 12.8 Å². The number of fused-ring (bicyclic) bond motifs is 2. The lowest BCUT2D eigenvalue weighted by atomic mass is 9.84. The van der Waals surface area contributed by atoms with Gasteiger partial charge < -0.3 is 9.47 Å². The van der Waals surface area contributed by atoms with Gasteiger partial charge >= 0.3 is 0 Å². The summed E-state index contributed by atoms with van der Waals surface area (Å²) in [6.45, 7) is 3.11. The smallest absolute Gasteiger partial charge is 0.211 e. The molecule has 2 aromatic carbocycles. The monoisotopic (exact) mass is 339 g/mol. The van der Waals surface area contributed by atoms with Crippen LogP contribution in [0.3, 0.4) is 0 Å². The second-order valence-corrected chi connectivity index (χ2v) is 6.85. The maximum atomic E-state index is 11.2. The zero-order valence-corrected chi connectivity index (χ0v) is 14.2. The van der Waals surface area contributed by atoms with Gasteiger partial charge in [0.2, 0.25) is 6.04 Å². The maximum Gasteiger partial charge on any atom is 0.211 e. The Morgan fingerprint density at radius 1 is 1.00 bits per heavy atom. The molecule has 2 aliphatic rings. The number of nitrogens with zero attached hydrogens (tertiary/aromatic N) is 1. The van der Waals surface area contributed by atoms with Crippen LogP contribution in [0.25, 0.3) is 0 Å². The number of hydrogen-bond donors (Lipinski definition) is 0. The summed E-state index contributed by atoms with van der Waals surface area (Å²) in [7, 11) is 0. The summed E-state index contributed by atoms with van der Waals surface area (Å²) in [4.78, 5) is 11.0.